The van der Waals surface area contributed by atoms with Crippen molar-refractivity contribution in [1.29, 1.82) is 0 Å². The monoisotopic (exact) mass is 295 g/mol. The van der Waals surface area contributed by atoms with Crippen LogP contribution in [-0.2, 0) is 20.9 Å². The second-order valence-corrected chi connectivity index (χ2v) is 4.62. The molecule has 1 aliphatic rings. The Morgan fingerprint density at radius 1 is 1.48 bits per heavy atom. The number of aromatic carboxylic acids is 1. The highest BCUT2D eigenvalue weighted by molar-refractivity contribution is 5.89. The second-order valence-electron chi connectivity index (χ2n) is 4.62. The van der Waals surface area contributed by atoms with Crippen molar-refractivity contribution in [3.8, 4) is 0 Å². The molecule has 8 nitrogen and oxygen atoms in total. The molecule has 0 spiro atoms. The van der Waals surface area contributed by atoms with Gasteiger partial charge in [0.05, 0.1) is 13.2 Å². The number of carbonyl (C=O) groups excluding carboxylic acids is 2. The van der Waals surface area contributed by atoms with Crippen molar-refractivity contribution in [2.75, 3.05) is 26.8 Å². The van der Waals surface area contributed by atoms with Gasteiger partial charge in [0, 0.05) is 19.8 Å². The summed E-state index contributed by atoms with van der Waals surface area (Å²) in [6.07, 6.45) is 1.52. The van der Waals surface area contributed by atoms with Crippen molar-refractivity contribution in [1.82, 2.24) is 14.8 Å². The number of hydrogen-bond acceptors (Lipinski definition) is 4. The molecule has 0 radical (unpaired) electrons. The molecule has 2 rings (SSSR count). The zero-order valence-electron chi connectivity index (χ0n) is 11.6. The molecule has 2 N–H and O–H groups in total. The Labute approximate surface area is 121 Å². The van der Waals surface area contributed by atoms with Gasteiger partial charge in [-0.25, -0.2) is 4.79 Å². The van der Waals surface area contributed by atoms with E-state index in [-0.39, 0.29) is 30.7 Å². The third kappa shape index (κ3) is 3.22. The van der Waals surface area contributed by atoms with E-state index in [9.17, 15) is 14.4 Å². The van der Waals surface area contributed by atoms with Crippen LogP contribution in [0.4, 0.5) is 0 Å². The van der Waals surface area contributed by atoms with Gasteiger partial charge in [-0.2, -0.15) is 0 Å². The van der Waals surface area contributed by atoms with Crippen LogP contribution in [0.25, 0.3) is 0 Å². The number of nitrogens with zero attached hydrogens (tertiary/aromatic N) is 2. The number of carboxylic acid groups (broad SMARTS) is 1. The summed E-state index contributed by atoms with van der Waals surface area (Å²) in [6, 6.07) is 2.30. The van der Waals surface area contributed by atoms with Crippen LogP contribution in [0, 0.1) is 0 Å². The third-order valence-corrected chi connectivity index (χ3v) is 3.35. The average Bonchev–Trinajstić information content (AvgIpc) is 2.94. The number of aromatic nitrogens is 1. The van der Waals surface area contributed by atoms with Gasteiger partial charge in [0.1, 0.15) is 18.3 Å². The van der Waals surface area contributed by atoms with Gasteiger partial charge >= 0.3 is 5.97 Å². The molecule has 1 saturated heterocycles. The highest BCUT2D eigenvalue weighted by Crippen LogP contribution is 2.10. The molecule has 8 heteroatoms. The molecule has 21 heavy (non-hydrogen) atoms. The molecule has 2 amide bonds. The predicted octanol–water partition coefficient (Wildman–Crippen LogP) is -0.840. The van der Waals surface area contributed by atoms with E-state index >= 15 is 0 Å². The third-order valence-electron chi connectivity index (χ3n) is 3.35. The van der Waals surface area contributed by atoms with E-state index < -0.39 is 12.0 Å². The topological polar surface area (TPSA) is 101 Å². The molecule has 1 aromatic heterocycles. The van der Waals surface area contributed by atoms with Crippen molar-refractivity contribution in [3.63, 3.8) is 0 Å². The number of morpholine rings is 1. The van der Waals surface area contributed by atoms with Gasteiger partial charge in [-0.05, 0) is 12.1 Å². The van der Waals surface area contributed by atoms with Crippen molar-refractivity contribution in [2.24, 2.45) is 0 Å². The normalized spacial score (nSPS) is 18.3. The summed E-state index contributed by atoms with van der Waals surface area (Å²) in [5.41, 5.74) is 0.0353. The number of carboxylic acids is 1. The molecule has 0 saturated carbocycles. The predicted molar refractivity (Wildman–Crippen MR) is 71.8 cm³/mol. The van der Waals surface area contributed by atoms with E-state index in [0.717, 1.165) is 0 Å². The van der Waals surface area contributed by atoms with Crippen LogP contribution in [0.15, 0.2) is 18.3 Å². The van der Waals surface area contributed by atoms with Crippen LogP contribution in [0.5, 0.6) is 0 Å². The van der Waals surface area contributed by atoms with Crippen LogP contribution in [-0.4, -0.2) is 65.2 Å². The van der Waals surface area contributed by atoms with Gasteiger partial charge in [-0.1, -0.05) is 0 Å². The molecular weight excluding hydrogens is 278 g/mol. The molecule has 0 bridgehead atoms. The number of rotatable bonds is 4. The summed E-state index contributed by atoms with van der Waals surface area (Å²) in [6.45, 7) is 0.683. The van der Waals surface area contributed by atoms with Crippen LogP contribution in [0.3, 0.4) is 0 Å². The number of hydrogen-bond donors (Lipinski definition) is 2. The maximum Gasteiger partial charge on any atom is 0.352 e. The van der Waals surface area contributed by atoms with Crippen molar-refractivity contribution < 1.29 is 24.2 Å². The van der Waals surface area contributed by atoms with Crippen LogP contribution >= 0.6 is 0 Å². The minimum absolute atomic E-state index is 0.0353. The van der Waals surface area contributed by atoms with Gasteiger partial charge in [0.2, 0.25) is 11.8 Å². The molecule has 0 aliphatic carbocycles. The number of carbonyl (C=O) groups is 3. The lowest BCUT2D eigenvalue weighted by Gasteiger charge is -2.34. The van der Waals surface area contributed by atoms with E-state index in [2.05, 4.69) is 5.32 Å². The first-order chi connectivity index (χ1) is 10.0. The summed E-state index contributed by atoms with van der Waals surface area (Å²) in [5.74, 6) is -1.71. The van der Waals surface area contributed by atoms with E-state index in [0.29, 0.717) is 13.2 Å². The Bertz CT molecular complexity index is 554. The van der Waals surface area contributed by atoms with E-state index in [4.69, 9.17) is 9.84 Å². The van der Waals surface area contributed by atoms with Crippen molar-refractivity contribution in [3.05, 3.63) is 24.0 Å². The highest BCUT2D eigenvalue weighted by Gasteiger charge is 2.32. The Hall–Kier alpha value is -2.35. The van der Waals surface area contributed by atoms with E-state index in [1.807, 2.05) is 0 Å². The van der Waals surface area contributed by atoms with Gasteiger partial charge < -0.3 is 24.6 Å². The Balaban J connectivity index is 2.12. The number of nitrogens with one attached hydrogen (secondary N) is 1. The maximum absolute atomic E-state index is 12.3. The Kier molecular flexibility index (Phi) is 4.59. The minimum atomic E-state index is -1.10. The molecule has 1 aliphatic heterocycles. The van der Waals surface area contributed by atoms with Crippen LogP contribution in [0.2, 0.25) is 0 Å². The summed E-state index contributed by atoms with van der Waals surface area (Å²) in [5, 5.41) is 11.5. The number of amides is 2. The lowest BCUT2D eigenvalue weighted by atomic mass is 10.2. The maximum atomic E-state index is 12.3. The number of likely N-dealkylation sites (N-methyl/N-ethyl adjacent to an activating group) is 1. The average molecular weight is 295 g/mol. The van der Waals surface area contributed by atoms with Gasteiger partial charge in [0.25, 0.3) is 0 Å². The van der Waals surface area contributed by atoms with Gasteiger partial charge in [0.15, 0.2) is 0 Å². The fraction of sp³-hybridized carbons (Fsp3) is 0.462. The fourth-order valence-corrected chi connectivity index (χ4v) is 2.27. The molecule has 1 fully saturated rings. The van der Waals surface area contributed by atoms with Gasteiger partial charge in [-0.15, -0.1) is 0 Å². The molecular formula is C13H17N3O5. The molecule has 1 unspecified atom stereocenters. The first-order valence-electron chi connectivity index (χ1n) is 6.52. The first-order valence-corrected chi connectivity index (χ1v) is 6.52. The smallest absolute Gasteiger partial charge is 0.352 e. The second kappa shape index (κ2) is 6.40. The Morgan fingerprint density at radius 2 is 2.24 bits per heavy atom. The molecule has 114 valence electrons. The van der Waals surface area contributed by atoms with E-state index in [1.54, 1.807) is 6.07 Å². The largest absolute Gasteiger partial charge is 0.477 e. The van der Waals surface area contributed by atoms with Gasteiger partial charge in [-0.3, -0.25) is 9.59 Å². The summed E-state index contributed by atoms with van der Waals surface area (Å²) in [7, 11) is 1.49. The fourth-order valence-electron chi connectivity index (χ4n) is 2.27. The van der Waals surface area contributed by atoms with Crippen LogP contribution in [0.1, 0.15) is 10.5 Å². The summed E-state index contributed by atoms with van der Waals surface area (Å²) in [4.78, 5) is 36.6. The minimum Gasteiger partial charge on any atom is -0.477 e. The zero-order chi connectivity index (χ0) is 15.4. The lowest BCUT2D eigenvalue weighted by Crippen LogP contribution is -2.56. The quantitative estimate of drug-likeness (QED) is 0.754. The highest BCUT2D eigenvalue weighted by atomic mass is 16.5. The molecule has 1 atom stereocenters. The SMILES string of the molecule is CNC(=O)C1COCCN1C(=O)Cn1cccc1C(=O)O. The summed E-state index contributed by atoms with van der Waals surface area (Å²) < 4.78 is 6.58. The van der Waals surface area contributed by atoms with Crippen molar-refractivity contribution >= 4 is 17.8 Å². The van der Waals surface area contributed by atoms with Crippen LogP contribution < -0.4 is 5.32 Å². The van der Waals surface area contributed by atoms with E-state index in [1.165, 1.54) is 28.8 Å². The van der Waals surface area contributed by atoms with Crippen molar-refractivity contribution in [2.45, 2.75) is 12.6 Å². The molecule has 0 aromatic carbocycles. The first kappa shape index (κ1) is 15.0. The molecule has 1 aromatic rings. The summed E-state index contributed by atoms with van der Waals surface area (Å²) >= 11 is 0. The zero-order valence-corrected chi connectivity index (χ0v) is 11.6. The lowest BCUT2D eigenvalue weighted by molar-refractivity contribution is -0.148. The number of ether oxygens (including phenoxy) is 1. The standard InChI is InChI=1S/C13H17N3O5/c1-14-12(18)10-8-21-6-5-16(10)11(17)7-15-4-2-3-9(15)13(19)20/h2-4,10H,5-8H2,1H3,(H,14,18)(H,19,20). The molecule has 2 heterocycles. The Morgan fingerprint density at radius 3 is 2.90 bits per heavy atom.